The summed E-state index contributed by atoms with van der Waals surface area (Å²) in [6.07, 6.45) is 1.67. The van der Waals surface area contributed by atoms with Crippen LogP contribution in [0.2, 0.25) is 10.2 Å². The van der Waals surface area contributed by atoms with E-state index in [4.69, 9.17) is 23.2 Å². The monoisotopic (exact) mass is 201 g/mol. The highest BCUT2D eigenvalue weighted by atomic mass is 35.5. The molecule has 0 N–H and O–H groups in total. The summed E-state index contributed by atoms with van der Waals surface area (Å²) < 4.78 is 1.63. The van der Waals surface area contributed by atoms with Crippen LogP contribution in [0, 0.1) is 0 Å². The number of aryl methyl sites for hydroxylation is 1. The molecule has 5 heteroatoms. The standard InChI is InChI=1S/C7H5Cl2N3/c1-12-7-4(3-10-12)5(8)2-6(9)11-7/h2-3H,1H3. The molecule has 0 spiro atoms. The van der Waals surface area contributed by atoms with Crippen LogP contribution in [0.25, 0.3) is 11.0 Å². The van der Waals surface area contributed by atoms with Crippen LogP contribution in [0.15, 0.2) is 12.3 Å². The third-order valence-electron chi connectivity index (χ3n) is 1.62. The van der Waals surface area contributed by atoms with Crippen molar-refractivity contribution in [2.45, 2.75) is 0 Å². The Labute approximate surface area is 78.9 Å². The predicted molar refractivity (Wildman–Crippen MR) is 48.5 cm³/mol. The van der Waals surface area contributed by atoms with E-state index in [1.807, 2.05) is 0 Å². The average molecular weight is 202 g/mol. The molecule has 3 nitrogen and oxygen atoms in total. The molecule has 0 aliphatic rings. The number of hydrogen-bond donors (Lipinski definition) is 0. The van der Waals surface area contributed by atoms with Crippen molar-refractivity contribution in [1.82, 2.24) is 14.8 Å². The highest BCUT2D eigenvalue weighted by Crippen LogP contribution is 2.23. The molecule has 2 aromatic rings. The first kappa shape index (κ1) is 7.83. The molecule has 0 fully saturated rings. The third kappa shape index (κ3) is 1.06. The van der Waals surface area contributed by atoms with Gasteiger partial charge in [-0.05, 0) is 6.07 Å². The first-order valence-corrected chi connectivity index (χ1v) is 4.08. The van der Waals surface area contributed by atoms with E-state index in [9.17, 15) is 0 Å². The molecule has 0 aliphatic carbocycles. The number of hydrogen-bond acceptors (Lipinski definition) is 2. The molecular formula is C7H5Cl2N3. The molecule has 0 aliphatic heterocycles. The second-order valence-corrected chi connectivity index (χ2v) is 3.23. The lowest BCUT2D eigenvalue weighted by molar-refractivity contribution is 0.786. The van der Waals surface area contributed by atoms with Gasteiger partial charge in [0, 0.05) is 7.05 Å². The van der Waals surface area contributed by atoms with E-state index in [2.05, 4.69) is 10.1 Å². The lowest BCUT2D eigenvalue weighted by atomic mass is 10.3. The van der Waals surface area contributed by atoms with Gasteiger partial charge in [0.05, 0.1) is 16.6 Å². The number of halogens is 2. The van der Waals surface area contributed by atoms with E-state index in [1.165, 1.54) is 0 Å². The van der Waals surface area contributed by atoms with E-state index in [-0.39, 0.29) is 0 Å². The fraction of sp³-hybridized carbons (Fsp3) is 0.143. The van der Waals surface area contributed by atoms with Crippen molar-refractivity contribution in [1.29, 1.82) is 0 Å². The van der Waals surface area contributed by atoms with E-state index in [0.717, 1.165) is 5.39 Å². The molecule has 0 aromatic carbocycles. The highest BCUT2D eigenvalue weighted by Gasteiger charge is 2.06. The third-order valence-corrected chi connectivity index (χ3v) is 2.13. The van der Waals surface area contributed by atoms with Crippen LogP contribution >= 0.6 is 23.2 Å². The Bertz CT molecular complexity index is 435. The SMILES string of the molecule is Cn1ncc2c(Cl)cc(Cl)nc21. The summed E-state index contributed by atoms with van der Waals surface area (Å²) in [5, 5.41) is 5.80. The van der Waals surface area contributed by atoms with Crippen molar-refractivity contribution in [3.8, 4) is 0 Å². The molecule has 62 valence electrons. The van der Waals surface area contributed by atoms with Gasteiger partial charge in [-0.15, -0.1) is 0 Å². The topological polar surface area (TPSA) is 30.7 Å². The fourth-order valence-electron chi connectivity index (χ4n) is 1.05. The van der Waals surface area contributed by atoms with E-state index in [0.29, 0.717) is 15.8 Å². The Kier molecular flexibility index (Phi) is 1.70. The summed E-state index contributed by atoms with van der Waals surface area (Å²) in [4.78, 5) is 4.08. The van der Waals surface area contributed by atoms with Crippen LogP contribution in [0.3, 0.4) is 0 Å². The molecule has 0 radical (unpaired) electrons. The minimum Gasteiger partial charge on any atom is -0.250 e. The number of rotatable bonds is 0. The van der Waals surface area contributed by atoms with Crippen LogP contribution in [0.4, 0.5) is 0 Å². The zero-order valence-electron chi connectivity index (χ0n) is 6.25. The van der Waals surface area contributed by atoms with Gasteiger partial charge in [-0.25, -0.2) is 4.98 Å². The van der Waals surface area contributed by atoms with Crippen LogP contribution in [-0.4, -0.2) is 14.8 Å². The van der Waals surface area contributed by atoms with Crippen LogP contribution in [-0.2, 0) is 7.05 Å². The molecule has 2 heterocycles. The minimum atomic E-state index is 0.385. The molecule has 0 bridgehead atoms. The second-order valence-electron chi connectivity index (χ2n) is 2.43. The summed E-state index contributed by atoms with van der Waals surface area (Å²) >= 11 is 11.6. The van der Waals surface area contributed by atoms with Crippen molar-refractivity contribution in [3.05, 3.63) is 22.4 Å². The average Bonchev–Trinajstić information content (AvgIpc) is 2.33. The van der Waals surface area contributed by atoms with Gasteiger partial charge in [0.2, 0.25) is 0 Å². The normalized spacial score (nSPS) is 10.9. The van der Waals surface area contributed by atoms with Gasteiger partial charge in [-0.2, -0.15) is 5.10 Å². The Morgan fingerprint density at radius 3 is 2.92 bits per heavy atom. The Hall–Kier alpha value is -0.800. The van der Waals surface area contributed by atoms with Crippen molar-refractivity contribution in [2.75, 3.05) is 0 Å². The molecule has 0 amide bonds. The quantitative estimate of drug-likeness (QED) is 0.613. The van der Waals surface area contributed by atoms with Crippen molar-refractivity contribution >= 4 is 34.2 Å². The highest BCUT2D eigenvalue weighted by molar-refractivity contribution is 6.37. The van der Waals surface area contributed by atoms with Crippen molar-refractivity contribution < 1.29 is 0 Å². The van der Waals surface area contributed by atoms with E-state index < -0.39 is 0 Å². The summed E-state index contributed by atoms with van der Waals surface area (Å²) in [5.74, 6) is 0. The zero-order chi connectivity index (χ0) is 8.72. The maximum absolute atomic E-state index is 5.90. The van der Waals surface area contributed by atoms with Crippen LogP contribution < -0.4 is 0 Å². The first-order chi connectivity index (χ1) is 5.68. The Morgan fingerprint density at radius 1 is 1.42 bits per heavy atom. The molecule has 0 saturated carbocycles. The van der Waals surface area contributed by atoms with E-state index >= 15 is 0 Å². The predicted octanol–water partition coefficient (Wildman–Crippen LogP) is 2.28. The summed E-state index contributed by atoms with van der Waals surface area (Å²) in [5.41, 5.74) is 0.701. The maximum Gasteiger partial charge on any atom is 0.160 e. The molecule has 2 rings (SSSR count). The first-order valence-electron chi connectivity index (χ1n) is 3.32. The van der Waals surface area contributed by atoms with Crippen LogP contribution in [0.1, 0.15) is 0 Å². The molecule has 0 atom stereocenters. The fourth-order valence-corrected chi connectivity index (χ4v) is 1.53. The number of nitrogens with zero attached hydrogens (tertiary/aromatic N) is 3. The van der Waals surface area contributed by atoms with Gasteiger partial charge in [0.15, 0.2) is 5.65 Å². The van der Waals surface area contributed by atoms with Crippen molar-refractivity contribution in [3.63, 3.8) is 0 Å². The van der Waals surface area contributed by atoms with Crippen LogP contribution in [0.5, 0.6) is 0 Å². The van der Waals surface area contributed by atoms with Gasteiger partial charge in [0.1, 0.15) is 5.15 Å². The molecule has 2 aromatic heterocycles. The Morgan fingerprint density at radius 2 is 2.17 bits per heavy atom. The molecular weight excluding hydrogens is 197 g/mol. The molecule has 12 heavy (non-hydrogen) atoms. The largest absolute Gasteiger partial charge is 0.250 e. The smallest absolute Gasteiger partial charge is 0.160 e. The van der Waals surface area contributed by atoms with Gasteiger partial charge >= 0.3 is 0 Å². The Balaban J connectivity index is 2.92. The molecule has 0 saturated heterocycles. The number of pyridine rings is 1. The summed E-state index contributed by atoms with van der Waals surface area (Å²) in [6.45, 7) is 0. The van der Waals surface area contributed by atoms with Gasteiger partial charge in [0.25, 0.3) is 0 Å². The van der Waals surface area contributed by atoms with Gasteiger partial charge < -0.3 is 0 Å². The molecule has 0 unspecified atom stereocenters. The van der Waals surface area contributed by atoms with Gasteiger partial charge in [-0.3, -0.25) is 4.68 Å². The second kappa shape index (κ2) is 2.61. The number of fused-ring (bicyclic) bond motifs is 1. The zero-order valence-corrected chi connectivity index (χ0v) is 7.76. The maximum atomic E-state index is 5.90. The van der Waals surface area contributed by atoms with Gasteiger partial charge in [-0.1, -0.05) is 23.2 Å². The van der Waals surface area contributed by atoms with Crippen molar-refractivity contribution in [2.24, 2.45) is 7.05 Å². The minimum absolute atomic E-state index is 0.385. The lowest BCUT2D eigenvalue weighted by Crippen LogP contribution is -1.91. The summed E-state index contributed by atoms with van der Waals surface area (Å²) in [6, 6.07) is 1.60. The number of aromatic nitrogens is 3. The lowest BCUT2D eigenvalue weighted by Gasteiger charge is -1.95. The summed E-state index contributed by atoms with van der Waals surface area (Å²) in [7, 11) is 1.79. The van der Waals surface area contributed by atoms with E-state index in [1.54, 1.807) is 24.0 Å².